The average Bonchev–Trinajstić information content (AvgIpc) is 4.23. The van der Waals surface area contributed by atoms with Gasteiger partial charge in [-0.05, 0) is 60.2 Å². The summed E-state index contributed by atoms with van der Waals surface area (Å²) >= 11 is 0. The van der Waals surface area contributed by atoms with E-state index in [2.05, 4.69) is 40.2 Å². The molecule has 2 aliphatic heterocycles. The van der Waals surface area contributed by atoms with Crippen molar-refractivity contribution in [2.75, 3.05) is 32.9 Å². The second kappa shape index (κ2) is 15.8. The van der Waals surface area contributed by atoms with Crippen molar-refractivity contribution in [2.24, 2.45) is 23.7 Å². The first kappa shape index (κ1) is 37.7. The zero-order chi connectivity index (χ0) is 39.9. The van der Waals surface area contributed by atoms with E-state index in [0.717, 1.165) is 36.0 Å². The molecular formula is C47H48FN5O5. The van der Waals surface area contributed by atoms with Crippen molar-refractivity contribution < 1.29 is 28.4 Å². The predicted octanol–water partition coefficient (Wildman–Crippen LogP) is 5.05. The molecule has 2 unspecified atom stereocenters. The highest BCUT2D eigenvalue weighted by molar-refractivity contribution is 5.99. The Kier molecular flexibility index (Phi) is 10.3. The highest BCUT2D eigenvalue weighted by Gasteiger charge is 2.49. The Morgan fingerprint density at radius 3 is 1.16 bits per heavy atom. The van der Waals surface area contributed by atoms with Crippen LogP contribution in [0, 0.1) is 23.7 Å². The van der Waals surface area contributed by atoms with E-state index < -0.39 is 30.3 Å². The highest BCUT2D eigenvalue weighted by Crippen LogP contribution is 2.43. The lowest BCUT2D eigenvalue weighted by atomic mass is 9.94. The number of carbonyl (C=O) groups excluding carboxylic acids is 5. The van der Waals surface area contributed by atoms with Crippen molar-refractivity contribution in [3.63, 3.8) is 0 Å². The summed E-state index contributed by atoms with van der Waals surface area (Å²) in [6.45, 7) is -0.287. The van der Waals surface area contributed by atoms with E-state index in [-0.39, 0.29) is 91.6 Å². The minimum absolute atomic E-state index is 0.00492. The Balaban J connectivity index is 0.834. The summed E-state index contributed by atoms with van der Waals surface area (Å²) in [5.41, 5.74) is 4.14. The lowest BCUT2D eigenvalue weighted by Gasteiger charge is -2.18. The van der Waals surface area contributed by atoms with Gasteiger partial charge in [0.1, 0.15) is 0 Å². The van der Waals surface area contributed by atoms with Crippen molar-refractivity contribution >= 4 is 29.5 Å². The molecule has 2 saturated heterocycles. The van der Waals surface area contributed by atoms with Crippen molar-refractivity contribution in [3.05, 3.63) is 143 Å². The van der Waals surface area contributed by atoms with E-state index in [1.807, 2.05) is 66.7 Å². The van der Waals surface area contributed by atoms with Gasteiger partial charge in [-0.15, -0.1) is 0 Å². The van der Waals surface area contributed by atoms with Gasteiger partial charge in [-0.3, -0.25) is 28.4 Å². The van der Waals surface area contributed by atoms with Gasteiger partial charge in [-0.1, -0.05) is 91.0 Å². The first-order chi connectivity index (χ1) is 28.2. The van der Waals surface area contributed by atoms with Gasteiger partial charge in [-0.25, -0.2) is 0 Å². The number of likely N-dealkylation sites (tertiary alicyclic amines) is 2. The van der Waals surface area contributed by atoms with Gasteiger partial charge in [0.15, 0.2) is 0 Å². The molecule has 298 valence electrons. The molecule has 3 saturated carbocycles. The molecule has 0 aromatic heterocycles. The summed E-state index contributed by atoms with van der Waals surface area (Å²) in [6.07, 6.45) is 2.48. The fourth-order valence-corrected chi connectivity index (χ4v) is 9.25. The smallest absolute Gasteiger partial charge is 0.253 e. The van der Waals surface area contributed by atoms with E-state index in [4.69, 9.17) is 0 Å². The molecular weight excluding hydrogens is 734 g/mol. The second-order valence-electron chi connectivity index (χ2n) is 16.8. The summed E-state index contributed by atoms with van der Waals surface area (Å²) in [5.74, 6) is -3.36. The SMILES string of the molecule is O=C(N[C@H]1C[C@@H]1c1ccccc1)C1CN(C(=O)c2ccc(C(=O)N3C[C@@H](C(=O)N[C@H]4C[C@@H]4c4ccccc4)[C@H](C(=O)N[C@H]4C[C@@H]4c4ccccc4)C3)cc2)CC1CF. The molecule has 2 heterocycles. The third-order valence-corrected chi connectivity index (χ3v) is 13.0. The number of rotatable bonds is 12. The zero-order valence-corrected chi connectivity index (χ0v) is 32.2. The van der Waals surface area contributed by atoms with Crippen molar-refractivity contribution in [1.29, 1.82) is 0 Å². The van der Waals surface area contributed by atoms with Crippen molar-refractivity contribution in [2.45, 2.75) is 55.1 Å². The van der Waals surface area contributed by atoms with E-state index in [9.17, 15) is 28.4 Å². The Bertz CT molecular complexity index is 2100. The third-order valence-electron chi connectivity index (χ3n) is 13.0. The number of nitrogens with zero attached hydrogens (tertiary/aromatic N) is 2. The largest absolute Gasteiger partial charge is 0.352 e. The normalized spacial score (nSPS) is 29.3. The molecule has 9 rings (SSSR count). The maximum Gasteiger partial charge on any atom is 0.253 e. The van der Waals surface area contributed by atoms with Crippen LogP contribution in [0.2, 0.25) is 0 Å². The van der Waals surface area contributed by atoms with Crippen LogP contribution in [-0.4, -0.2) is 90.3 Å². The summed E-state index contributed by atoms with van der Waals surface area (Å²) in [4.78, 5) is 71.6. The van der Waals surface area contributed by atoms with Crippen LogP contribution in [0.25, 0.3) is 0 Å². The van der Waals surface area contributed by atoms with Crippen LogP contribution in [0.15, 0.2) is 115 Å². The van der Waals surface area contributed by atoms with Gasteiger partial charge >= 0.3 is 0 Å². The summed E-state index contributed by atoms with van der Waals surface area (Å²) < 4.78 is 14.2. The molecule has 58 heavy (non-hydrogen) atoms. The number of carbonyl (C=O) groups is 5. The molecule has 0 spiro atoms. The molecule has 5 amide bonds. The minimum Gasteiger partial charge on any atom is -0.352 e. The van der Waals surface area contributed by atoms with Crippen LogP contribution in [0.5, 0.6) is 0 Å². The molecule has 3 aliphatic carbocycles. The third kappa shape index (κ3) is 7.86. The van der Waals surface area contributed by atoms with Gasteiger partial charge < -0.3 is 25.8 Å². The van der Waals surface area contributed by atoms with Crippen LogP contribution >= 0.6 is 0 Å². The van der Waals surface area contributed by atoms with Crippen LogP contribution < -0.4 is 16.0 Å². The van der Waals surface area contributed by atoms with Gasteiger partial charge in [0.05, 0.1) is 24.4 Å². The van der Waals surface area contributed by atoms with Crippen molar-refractivity contribution in [1.82, 2.24) is 25.8 Å². The van der Waals surface area contributed by atoms with Gasteiger partial charge in [-0.2, -0.15) is 0 Å². The first-order valence-corrected chi connectivity index (χ1v) is 20.6. The lowest BCUT2D eigenvalue weighted by Crippen LogP contribution is -2.43. The Hall–Kier alpha value is -5.84. The number of alkyl halides is 1. The monoisotopic (exact) mass is 781 g/mol. The molecule has 0 radical (unpaired) electrons. The molecule has 11 heteroatoms. The maximum atomic E-state index is 14.2. The number of nitrogens with one attached hydrogen (secondary N) is 3. The first-order valence-electron chi connectivity index (χ1n) is 20.6. The fourth-order valence-electron chi connectivity index (χ4n) is 9.25. The fraction of sp³-hybridized carbons (Fsp3) is 0.383. The van der Waals surface area contributed by atoms with E-state index in [0.29, 0.717) is 11.1 Å². The lowest BCUT2D eigenvalue weighted by molar-refractivity contribution is -0.133. The number of benzene rings is 4. The summed E-state index contributed by atoms with van der Waals surface area (Å²) in [6, 6.07) is 36.3. The van der Waals surface area contributed by atoms with E-state index >= 15 is 0 Å². The van der Waals surface area contributed by atoms with Crippen molar-refractivity contribution in [3.8, 4) is 0 Å². The number of hydrogen-bond acceptors (Lipinski definition) is 5. The van der Waals surface area contributed by atoms with Crippen LogP contribution in [0.3, 0.4) is 0 Å². The molecule has 3 N–H and O–H groups in total. The van der Waals surface area contributed by atoms with Gasteiger partial charge in [0.2, 0.25) is 17.7 Å². The van der Waals surface area contributed by atoms with Crippen LogP contribution in [0.4, 0.5) is 4.39 Å². The topological polar surface area (TPSA) is 128 Å². The van der Waals surface area contributed by atoms with Gasteiger partial charge in [0.25, 0.3) is 11.8 Å². The van der Waals surface area contributed by atoms with E-state index in [1.165, 1.54) is 4.90 Å². The Morgan fingerprint density at radius 1 is 0.466 bits per heavy atom. The van der Waals surface area contributed by atoms with Crippen LogP contribution in [0.1, 0.15) is 74.4 Å². The number of hydrogen-bond donors (Lipinski definition) is 3. The molecule has 0 bridgehead atoms. The molecule has 10 nitrogen and oxygen atoms in total. The molecule has 5 aliphatic rings. The maximum absolute atomic E-state index is 14.2. The quantitative estimate of drug-likeness (QED) is 0.186. The molecule has 4 aromatic carbocycles. The minimum atomic E-state index is -0.719. The highest BCUT2D eigenvalue weighted by atomic mass is 19.1. The van der Waals surface area contributed by atoms with E-state index in [1.54, 1.807) is 29.2 Å². The second-order valence-corrected chi connectivity index (χ2v) is 16.8. The van der Waals surface area contributed by atoms with Crippen LogP contribution in [-0.2, 0) is 14.4 Å². The average molecular weight is 782 g/mol. The molecule has 4 aromatic rings. The molecule has 10 atom stereocenters. The molecule has 5 fully saturated rings. The summed E-state index contributed by atoms with van der Waals surface area (Å²) in [5, 5.41) is 9.42. The standard InChI is InChI=1S/C47H48FN5O5/c48-23-33-24-52(25-37(33)43(54)49-40-20-34(40)28-10-4-1-5-11-28)46(57)31-16-18-32(19-17-31)47(58)53-26-38(44(55)50-41-21-35(41)29-12-6-2-7-13-29)39(27-53)45(56)51-42-22-36(42)30-14-8-3-9-15-30/h1-19,33-42H,20-27H2,(H,49,54)(H,50,55)(H,51,56)/t33?,34-,35-,36-,37?,38-,39-,40+,41+,42+/m1/s1. The Morgan fingerprint density at radius 2 is 0.793 bits per heavy atom. The van der Waals surface area contributed by atoms with Gasteiger partial charge in [0, 0.05) is 79.1 Å². The predicted molar refractivity (Wildman–Crippen MR) is 215 cm³/mol. The summed E-state index contributed by atoms with van der Waals surface area (Å²) in [7, 11) is 0. The Labute approximate surface area is 337 Å². The zero-order valence-electron chi connectivity index (χ0n) is 32.2. The number of amides is 5. The number of halogens is 1.